The average molecular weight is 699 g/mol. The van der Waals surface area contributed by atoms with Gasteiger partial charge in [-0.25, -0.2) is 19.6 Å². The Bertz CT molecular complexity index is 1630. The number of morpholine rings is 1. The lowest BCUT2D eigenvalue weighted by Crippen LogP contribution is -2.52. The van der Waals surface area contributed by atoms with Crippen LogP contribution in [-0.4, -0.2) is 106 Å². The summed E-state index contributed by atoms with van der Waals surface area (Å²) >= 11 is 0. The number of ether oxygens (including phenoxy) is 4. The van der Waals surface area contributed by atoms with Crippen molar-refractivity contribution in [2.45, 2.75) is 102 Å². The molecule has 14 heteroatoms. The third-order valence-corrected chi connectivity index (χ3v) is 9.62. The number of anilines is 1. The zero-order valence-corrected chi connectivity index (χ0v) is 30.1. The number of allylic oxidation sites excluding steroid dienone is 1. The summed E-state index contributed by atoms with van der Waals surface area (Å²) in [7, 11) is 1.82. The van der Waals surface area contributed by atoms with E-state index in [0.29, 0.717) is 66.7 Å². The summed E-state index contributed by atoms with van der Waals surface area (Å²) in [5.74, 6) is 1.41. The van der Waals surface area contributed by atoms with Gasteiger partial charge in [0.2, 0.25) is 11.8 Å². The molecule has 0 unspecified atom stereocenters. The second kappa shape index (κ2) is 17.6. The number of nitriles is 1. The first-order valence-corrected chi connectivity index (χ1v) is 18.1. The van der Waals surface area contributed by atoms with Gasteiger partial charge >= 0.3 is 0 Å². The monoisotopic (exact) mass is 698 g/mol. The number of hydrogen-bond donors (Lipinski definition) is 2. The van der Waals surface area contributed by atoms with Gasteiger partial charge in [0, 0.05) is 43.1 Å². The van der Waals surface area contributed by atoms with Crippen molar-refractivity contribution in [1.82, 2.24) is 34.9 Å². The summed E-state index contributed by atoms with van der Waals surface area (Å²) in [6.07, 6.45) is 15.2. The van der Waals surface area contributed by atoms with Gasteiger partial charge in [0.15, 0.2) is 0 Å². The first-order chi connectivity index (χ1) is 24.9. The van der Waals surface area contributed by atoms with Crippen LogP contribution < -0.4 is 15.4 Å². The van der Waals surface area contributed by atoms with E-state index in [4.69, 9.17) is 23.9 Å². The molecule has 0 spiro atoms. The van der Waals surface area contributed by atoms with Crippen molar-refractivity contribution in [3.63, 3.8) is 0 Å². The molecule has 3 aliphatic rings. The molecule has 1 aliphatic carbocycles. The minimum Gasteiger partial charge on any atom is -0.487 e. The van der Waals surface area contributed by atoms with Crippen LogP contribution in [0.5, 0.6) is 5.75 Å². The van der Waals surface area contributed by atoms with Gasteiger partial charge in [0.05, 0.1) is 50.3 Å². The summed E-state index contributed by atoms with van der Waals surface area (Å²) < 4.78 is 25.5. The van der Waals surface area contributed by atoms with Crippen molar-refractivity contribution >= 4 is 12.2 Å². The molecule has 4 heterocycles. The van der Waals surface area contributed by atoms with Crippen LogP contribution in [0.4, 0.5) is 5.95 Å². The SMILES string of the molecule is CN/C(OCCOC(C)C)=C(\C=NC1CCC(N2[C@@H]3CC[C@H]2COC3)CC1)Nc1ncc(-c2ccc(C#N)c(O[C@@H](C)Cn3cncn3)c2)cn1. The number of rotatable bonds is 16. The maximum Gasteiger partial charge on any atom is 0.227 e. The smallest absolute Gasteiger partial charge is 0.227 e. The molecule has 2 aliphatic heterocycles. The number of hydrogen-bond acceptors (Lipinski definition) is 13. The van der Waals surface area contributed by atoms with Crippen LogP contribution in [0.2, 0.25) is 0 Å². The Hall–Kier alpha value is -4.58. The number of aliphatic imine (C=N–C) groups is 1. The van der Waals surface area contributed by atoms with E-state index in [1.165, 1.54) is 19.2 Å². The standard InChI is InChI=1S/C37H50N10O4/c1-25(2)49-13-14-50-36(39-4)34(19-41-30-7-9-31(10-8-30)47-32-11-12-33(47)22-48-21-32)45-37-42-17-29(18-43-37)27-5-6-28(16-38)35(15-27)51-26(3)20-46-24-40-23-44-46/h5-6,15,17-19,23-26,30-33,39H,7-14,20-22H2,1-4H3,(H,42,43,45)/b36-34-,41-19?/t26-,30?,31?,32-,33+/m0/s1. The number of nitrogens with one attached hydrogen (secondary N) is 2. The predicted octanol–water partition coefficient (Wildman–Crippen LogP) is 4.56. The Labute approximate surface area is 300 Å². The molecule has 3 fully saturated rings. The van der Waals surface area contributed by atoms with E-state index in [1.54, 1.807) is 29.5 Å². The molecule has 1 saturated carbocycles. The van der Waals surface area contributed by atoms with Crippen molar-refractivity contribution in [2.24, 2.45) is 4.99 Å². The van der Waals surface area contributed by atoms with E-state index in [1.807, 2.05) is 46.2 Å². The molecule has 6 rings (SSSR count). The minimum absolute atomic E-state index is 0.117. The summed E-state index contributed by atoms with van der Waals surface area (Å²) in [5.41, 5.74) is 2.68. The fourth-order valence-corrected chi connectivity index (χ4v) is 7.20. The molecule has 2 N–H and O–H groups in total. The topological polar surface area (TPSA) is 157 Å². The van der Waals surface area contributed by atoms with Gasteiger partial charge in [-0.2, -0.15) is 10.4 Å². The summed E-state index contributed by atoms with van der Waals surface area (Å²) in [5, 5.41) is 20.4. The Morgan fingerprint density at radius 1 is 1.04 bits per heavy atom. The lowest BCUT2D eigenvalue weighted by Gasteiger charge is -2.43. The van der Waals surface area contributed by atoms with Gasteiger partial charge in [-0.3, -0.25) is 9.89 Å². The van der Waals surface area contributed by atoms with Gasteiger partial charge in [0.25, 0.3) is 0 Å². The Morgan fingerprint density at radius 3 is 2.45 bits per heavy atom. The van der Waals surface area contributed by atoms with Gasteiger partial charge in [-0.1, -0.05) is 6.07 Å². The second-order valence-electron chi connectivity index (χ2n) is 13.7. The maximum absolute atomic E-state index is 9.71. The van der Waals surface area contributed by atoms with Crippen molar-refractivity contribution in [3.05, 3.63) is 60.4 Å². The van der Waals surface area contributed by atoms with Crippen molar-refractivity contribution < 1.29 is 18.9 Å². The fraction of sp³-hybridized carbons (Fsp3) is 0.568. The zero-order valence-electron chi connectivity index (χ0n) is 30.1. The second-order valence-corrected chi connectivity index (χ2v) is 13.7. The lowest BCUT2D eigenvalue weighted by molar-refractivity contribution is -0.0439. The molecular formula is C37H50N10O4. The average Bonchev–Trinajstić information content (AvgIpc) is 3.74. The van der Waals surface area contributed by atoms with Gasteiger partial charge in [-0.15, -0.1) is 0 Å². The summed E-state index contributed by atoms with van der Waals surface area (Å²) in [6, 6.07) is 9.68. The van der Waals surface area contributed by atoms with Crippen molar-refractivity contribution in [1.29, 1.82) is 5.26 Å². The van der Waals surface area contributed by atoms with E-state index < -0.39 is 0 Å². The fourth-order valence-electron chi connectivity index (χ4n) is 7.20. The number of aromatic nitrogens is 5. The van der Waals surface area contributed by atoms with Crippen molar-refractivity contribution in [2.75, 3.05) is 38.8 Å². The first-order valence-electron chi connectivity index (χ1n) is 18.1. The Morgan fingerprint density at radius 2 is 1.78 bits per heavy atom. The Kier molecular flexibility index (Phi) is 12.5. The van der Waals surface area contributed by atoms with E-state index in [-0.39, 0.29) is 18.2 Å². The quantitative estimate of drug-likeness (QED) is 0.122. The van der Waals surface area contributed by atoms with Gasteiger partial charge < -0.3 is 29.6 Å². The van der Waals surface area contributed by atoms with E-state index in [2.05, 4.69) is 41.7 Å². The van der Waals surface area contributed by atoms with Crippen LogP contribution in [0.3, 0.4) is 0 Å². The highest BCUT2D eigenvalue weighted by atomic mass is 16.5. The van der Waals surface area contributed by atoms with E-state index in [9.17, 15) is 5.26 Å². The van der Waals surface area contributed by atoms with E-state index >= 15 is 0 Å². The minimum atomic E-state index is -0.237. The normalized spacial score (nSPS) is 23.1. The van der Waals surface area contributed by atoms with Crippen LogP contribution in [0.1, 0.15) is 64.9 Å². The molecule has 2 aromatic heterocycles. The number of benzene rings is 1. The molecule has 1 aromatic carbocycles. The highest BCUT2D eigenvalue weighted by Crippen LogP contribution is 2.36. The largest absolute Gasteiger partial charge is 0.487 e. The first kappa shape index (κ1) is 36.2. The van der Waals surface area contributed by atoms with Crippen LogP contribution in [0.15, 0.2) is 59.8 Å². The summed E-state index contributed by atoms with van der Waals surface area (Å²) in [4.78, 5) is 21.0. The maximum atomic E-state index is 9.71. The van der Waals surface area contributed by atoms with Gasteiger partial charge in [-0.05, 0) is 77.0 Å². The molecule has 0 amide bonds. The molecule has 14 nitrogen and oxygen atoms in total. The lowest BCUT2D eigenvalue weighted by atomic mass is 9.89. The van der Waals surface area contributed by atoms with Gasteiger partial charge in [0.1, 0.15) is 42.9 Å². The molecule has 2 saturated heterocycles. The van der Waals surface area contributed by atoms with Crippen LogP contribution in [-0.2, 0) is 20.8 Å². The highest BCUT2D eigenvalue weighted by molar-refractivity contribution is 5.83. The molecule has 3 atom stereocenters. The van der Waals surface area contributed by atoms with Crippen LogP contribution in [0.25, 0.3) is 11.1 Å². The number of fused-ring (bicyclic) bond motifs is 2. The Balaban J connectivity index is 1.13. The van der Waals surface area contributed by atoms with Crippen LogP contribution >= 0.6 is 0 Å². The number of nitrogens with zero attached hydrogens (tertiary/aromatic N) is 8. The summed E-state index contributed by atoms with van der Waals surface area (Å²) in [6.45, 7) is 9.01. The molecule has 51 heavy (non-hydrogen) atoms. The van der Waals surface area contributed by atoms with E-state index in [0.717, 1.165) is 50.0 Å². The molecule has 3 aromatic rings. The third kappa shape index (κ3) is 9.61. The van der Waals surface area contributed by atoms with Crippen LogP contribution in [0, 0.1) is 11.3 Å². The third-order valence-electron chi connectivity index (χ3n) is 9.62. The molecule has 272 valence electrons. The highest BCUT2D eigenvalue weighted by Gasteiger charge is 2.42. The molecular weight excluding hydrogens is 648 g/mol. The predicted molar refractivity (Wildman–Crippen MR) is 193 cm³/mol. The molecule has 2 bridgehead atoms. The molecule has 0 radical (unpaired) electrons. The van der Waals surface area contributed by atoms with Crippen molar-refractivity contribution in [3.8, 4) is 22.9 Å². The zero-order chi connectivity index (χ0) is 35.6.